The van der Waals surface area contributed by atoms with Crippen molar-refractivity contribution in [2.24, 2.45) is 5.73 Å². The summed E-state index contributed by atoms with van der Waals surface area (Å²) in [6, 6.07) is 7.73. The molecule has 1 amide bonds. The smallest absolute Gasteiger partial charge is 0.246 e. The first-order valence-corrected chi connectivity index (χ1v) is 6.56. The third-order valence-electron chi connectivity index (χ3n) is 3.31. The van der Waals surface area contributed by atoms with Crippen molar-refractivity contribution >= 4 is 12.0 Å². The number of para-hydroxylation sites is 1. The van der Waals surface area contributed by atoms with Crippen LogP contribution in [0.15, 0.2) is 30.3 Å². The van der Waals surface area contributed by atoms with Crippen molar-refractivity contribution < 1.29 is 9.53 Å². The van der Waals surface area contributed by atoms with Crippen molar-refractivity contribution in [1.29, 1.82) is 0 Å². The topological polar surface area (TPSA) is 55.6 Å². The van der Waals surface area contributed by atoms with Gasteiger partial charge < -0.3 is 15.4 Å². The van der Waals surface area contributed by atoms with Gasteiger partial charge in [-0.1, -0.05) is 18.2 Å². The van der Waals surface area contributed by atoms with E-state index in [0.29, 0.717) is 6.54 Å². The summed E-state index contributed by atoms with van der Waals surface area (Å²) in [7, 11) is 1.62. The zero-order valence-corrected chi connectivity index (χ0v) is 11.2. The molecule has 0 saturated carbocycles. The molecule has 1 unspecified atom stereocenters. The summed E-state index contributed by atoms with van der Waals surface area (Å²) in [6.45, 7) is 1.44. The molecule has 1 saturated heterocycles. The fourth-order valence-corrected chi connectivity index (χ4v) is 2.28. The summed E-state index contributed by atoms with van der Waals surface area (Å²) < 4.78 is 5.24. The SMILES string of the molecule is COc1ccccc1C=CC(=O)N1CCCC(N)C1. The predicted octanol–water partition coefficient (Wildman–Crippen LogP) is 1.66. The lowest BCUT2D eigenvalue weighted by Gasteiger charge is -2.29. The van der Waals surface area contributed by atoms with Crippen LogP contribution < -0.4 is 10.5 Å². The molecule has 0 bridgehead atoms. The van der Waals surface area contributed by atoms with Crippen molar-refractivity contribution in [1.82, 2.24) is 4.90 Å². The number of nitrogens with two attached hydrogens (primary N) is 1. The van der Waals surface area contributed by atoms with Gasteiger partial charge in [0.25, 0.3) is 0 Å². The number of benzene rings is 1. The molecule has 1 heterocycles. The summed E-state index contributed by atoms with van der Waals surface area (Å²) in [6.07, 6.45) is 5.37. The van der Waals surface area contributed by atoms with Gasteiger partial charge in [0.1, 0.15) is 5.75 Å². The number of carbonyl (C=O) groups excluding carboxylic acids is 1. The van der Waals surface area contributed by atoms with Crippen molar-refractivity contribution in [3.05, 3.63) is 35.9 Å². The molecular formula is C15H20N2O2. The van der Waals surface area contributed by atoms with Gasteiger partial charge in [-0.05, 0) is 25.0 Å². The van der Waals surface area contributed by atoms with E-state index in [4.69, 9.17) is 10.5 Å². The molecule has 0 aliphatic carbocycles. The van der Waals surface area contributed by atoms with Crippen LogP contribution in [0, 0.1) is 0 Å². The summed E-state index contributed by atoms with van der Waals surface area (Å²) in [5.41, 5.74) is 6.78. The zero-order valence-electron chi connectivity index (χ0n) is 11.2. The van der Waals surface area contributed by atoms with Crippen LogP contribution in [-0.2, 0) is 4.79 Å². The second-order valence-electron chi connectivity index (χ2n) is 4.76. The van der Waals surface area contributed by atoms with Crippen LogP contribution in [0.25, 0.3) is 6.08 Å². The van der Waals surface area contributed by atoms with E-state index in [-0.39, 0.29) is 11.9 Å². The fourth-order valence-electron chi connectivity index (χ4n) is 2.28. The van der Waals surface area contributed by atoms with E-state index in [1.807, 2.05) is 24.3 Å². The van der Waals surface area contributed by atoms with Crippen LogP contribution in [0.5, 0.6) is 5.75 Å². The van der Waals surface area contributed by atoms with E-state index < -0.39 is 0 Å². The highest BCUT2D eigenvalue weighted by Crippen LogP contribution is 2.19. The maximum atomic E-state index is 12.1. The van der Waals surface area contributed by atoms with Gasteiger partial charge in [0.2, 0.25) is 5.91 Å². The molecule has 1 aliphatic heterocycles. The van der Waals surface area contributed by atoms with E-state index >= 15 is 0 Å². The highest BCUT2D eigenvalue weighted by atomic mass is 16.5. The van der Waals surface area contributed by atoms with Gasteiger partial charge in [-0.25, -0.2) is 0 Å². The van der Waals surface area contributed by atoms with Gasteiger partial charge in [-0.15, -0.1) is 0 Å². The molecule has 1 aliphatic rings. The lowest BCUT2D eigenvalue weighted by molar-refractivity contribution is -0.127. The van der Waals surface area contributed by atoms with E-state index in [1.54, 1.807) is 24.2 Å². The molecule has 2 rings (SSSR count). The molecule has 1 atom stereocenters. The van der Waals surface area contributed by atoms with Gasteiger partial charge in [-0.3, -0.25) is 4.79 Å². The number of hydrogen-bond acceptors (Lipinski definition) is 3. The van der Waals surface area contributed by atoms with E-state index in [2.05, 4.69) is 0 Å². The molecule has 0 radical (unpaired) electrons. The lowest BCUT2D eigenvalue weighted by Crippen LogP contribution is -2.45. The lowest BCUT2D eigenvalue weighted by atomic mass is 10.1. The normalized spacial score (nSPS) is 19.7. The van der Waals surface area contributed by atoms with Gasteiger partial charge in [0.15, 0.2) is 0 Å². The van der Waals surface area contributed by atoms with Crippen LogP contribution in [-0.4, -0.2) is 37.0 Å². The van der Waals surface area contributed by atoms with E-state index in [0.717, 1.165) is 30.7 Å². The third kappa shape index (κ3) is 3.58. The maximum Gasteiger partial charge on any atom is 0.246 e. The monoisotopic (exact) mass is 260 g/mol. The first-order valence-electron chi connectivity index (χ1n) is 6.56. The van der Waals surface area contributed by atoms with Crippen molar-refractivity contribution in [3.8, 4) is 5.75 Å². The Labute approximate surface area is 113 Å². The Balaban J connectivity index is 2.03. The molecule has 4 nitrogen and oxygen atoms in total. The number of methoxy groups -OCH3 is 1. The summed E-state index contributed by atoms with van der Waals surface area (Å²) >= 11 is 0. The van der Waals surface area contributed by atoms with Gasteiger partial charge >= 0.3 is 0 Å². The van der Waals surface area contributed by atoms with Crippen molar-refractivity contribution in [3.63, 3.8) is 0 Å². The molecule has 4 heteroatoms. The summed E-state index contributed by atoms with van der Waals surface area (Å²) in [4.78, 5) is 13.9. The second kappa shape index (κ2) is 6.38. The van der Waals surface area contributed by atoms with E-state index in [1.165, 1.54) is 0 Å². The molecule has 1 aromatic rings. The molecular weight excluding hydrogens is 240 g/mol. The first kappa shape index (κ1) is 13.6. The van der Waals surface area contributed by atoms with Crippen LogP contribution in [0.3, 0.4) is 0 Å². The van der Waals surface area contributed by atoms with Crippen molar-refractivity contribution in [2.75, 3.05) is 20.2 Å². The predicted molar refractivity (Wildman–Crippen MR) is 75.8 cm³/mol. The maximum absolute atomic E-state index is 12.1. The minimum absolute atomic E-state index is 0.0149. The fraction of sp³-hybridized carbons (Fsp3) is 0.400. The van der Waals surface area contributed by atoms with Crippen molar-refractivity contribution in [2.45, 2.75) is 18.9 Å². The molecule has 1 fully saturated rings. The molecule has 1 aromatic carbocycles. The average Bonchev–Trinajstić information content (AvgIpc) is 2.45. The largest absolute Gasteiger partial charge is 0.496 e. The standard InChI is InChI=1S/C15H20N2O2/c1-19-14-7-3-2-5-12(14)8-9-15(18)17-10-4-6-13(16)11-17/h2-3,5,7-9,13H,4,6,10-11,16H2,1H3. The number of rotatable bonds is 3. The van der Waals surface area contributed by atoms with Gasteiger partial charge in [0, 0.05) is 30.8 Å². The number of piperidine rings is 1. The molecule has 0 spiro atoms. The van der Waals surface area contributed by atoms with E-state index in [9.17, 15) is 4.79 Å². The minimum atomic E-state index is 0.0149. The van der Waals surface area contributed by atoms with Crippen LogP contribution in [0.2, 0.25) is 0 Å². The zero-order chi connectivity index (χ0) is 13.7. The second-order valence-corrected chi connectivity index (χ2v) is 4.76. The molecule has 19 heavy (non-hydrogen) atoms. The average molecular weight is 260 g/mol. The van der Waals surface area contributed by atoms with Crippen LogP contribution in [0.1, 0.15) is 18.4 Å². The molecule has 2 N–H and O–H groups in total. The summed E-state index contributed by atoms with van der Waals surface area (Å²) in [5, 5.41) is 0. The molecule has 102 valence electrons. The van der Waals surface area contributed by atoms with Crippen LogP contribution >= 0.6 is 0 Å². The Morgan fingerprint density at radius 2 is 2.26 bits per heavy atom. The Morgan fingerprint density at radius 1 is 1.47 bits per heavy atom. The number of likely N-dealkylation sites (tertiary alicyclic amines) is 1. The van der Waals surface area contributed by atoms with Crippen LogP contribution in [0.4, 0.5) is 0 Å². The molecule has 0 aromatic heterocycles. The van der Waals surface area contributed by atoms with Gasteiger partial charge in [-0.2, -0.15) is 0 Å². The quantitative estimate of drug-likeness (QED) is 0.841. The first-order chi connectivity index (χ1) is 9.20. The number of carbonyl (C=O) groups is 1. The number of nitrogens with zero attached hydrogens (tertiary/aromatic N) is 1. The Bertz CT molecular complexity index is 471. The Kier molecular flexibility index (Phi) is 4.58. The van der Waals surface area contributed by atoms with Gasteiger partial charge in [0.05, 0.1) is 7.11 Å². The Morgan fingerprint density at radius 3 is 3.00 bits per heavy atom. The summed E-state index contributed by atoms with van der Waals surface area (Å²) in [5.74, 6) is 0.781. The Hall–Kier alpha value is -1.81. The highest BCUT2D eigenvalue weighted by molar-refractivity contribution is 5.92. The number of hydrogen-bond donors (Lipinski definition) is 1. The highest BCUT2D eigenvalue weighted by Gasteiger charge is 2.19. The third-order valence-corrected chi connectivity index (χ3v) is 3.31. The number of amides is 1. The number of ether oxygens (including phenoxy) is 1. The minimum Gasteiger partial charge on any atom is -0.496 e.